The first-order valence-corrected chi connectivity index (χ1v) is 12.0. The first-order valence-electron chi connectivity index (χ1n) is 12.0. The molecular weight excluding hydrogens is 449 g/mol. The number of halogens is 1. The Bertz CT molecular complexity index is 1220. The van der Waals surface area contributed by atoms with Crippen molar-refractivity contribution in [1.29, 1.82) is 5.26 Å². The number of aryl methyl sites for hydroxylation is 1. The minimum absolute atomic E-state index is 0.111. The number of likely N-dealkylation sites (N-methyl/N-ethyl adjacent to an activating group) is 1. The molecule has 0 spiro atoms. The van der Waals surface area contributed by atoms with Crippen molar-refractivity contribution in [3.05, 3.63) is 59.1 Å². The molecule has 2 fully saturated rings. The molecule has 10 heteroatoms. The SMILES string of the molecule is CCN1NC(N)C=C1C1(O)CC2CC(c3ncn(C)c3C(=O)Nc3ccc(F)c(C#N)c3)CC2C1. The van der Waals surface area contributed by atoms with Gasteiger partial charge in [-0.1, -0.05) is 0 Å². The van der Waals surface area contributed by atoms with Crippen molar-refractivity contribution >= 4 is 11.6 Å². The zero-order valence-electron chi connectivity index (χ0n) is 19.8. The van der Waals surface area contributed by atoms with Gasteiger partial charge in [0.2, 0.25) is 0 Å². The topological polar surface area (TPSA) is 132 Å². The lowest BCUT2D eigenvalue weighted by atomic mass is 9.89. The Morgan fingerprint density at radius 2 is 2.11 bits per heavy atom. The number of fused-ring (bicyclic) bond motifs is 1. The number of aliphatic hydroxyl groups is 1. The molecule has 2 aromatic rings. The van der Waals surface area contributed by atoms with E-state index in [0.29, 0.717) is 36.1 Å². The highest BCUT2D eigenvalue weighted by Gasteiger charge is 2.53. The monoisotopic (exact) mass is 479 g/mol. The number of imidazole rings is 1. The highest BCUT2D eigenvalue weighted by molar-refractivity contribution is 6.04. The van der Waals surface area contributed by atoms with E-state index in [1.807, 2.05) is 18.0 Å². The van der Waals surface area contributed by atoms with Crippen molar-refractivity contribution in [3.63, 3.8) is 0 Å². The summed E-state index contributed by atoms with van der Waals surface area (Å²) in [6, 6.07) is 5.71. The number of amides is 1. The normalized spacial score (nSPS) is 29.7. The fraction of sp³-hybridized carbons (Fsp3) is 0.480. The molecule has 0 bridgehead atoms. The van der Waals surface area contributed by atoms with Crippen LogP contribution in [0.2, 0.25) is 0 Å². The summed E-state index contributed by atoms with van der Waals surface area (Å²) in [6.45, 7) is 2.74. The third-order valence-electron chi connectivity index (χ3n) is 7.68. The number of aromatic nitrogens is 2. The van der Waals surface area contributed by atoms with E-state index in [1.165, 1.54) is 18.2 Å². The predicted octanol–water partition coefficient (Wildman–Crippen LogP) is 2.33. The van der Waals surface area contributed by atoms with Gasteiger partial charge in [-0.15, -0.1) is 0 Å². The second-order valence-corrected chi connectivity index (χ2v) is 9.93. The maximum atomic E-state index is 13.7. The summed E-state index contributed by atoms with van der Waals surface area (Å²) < 4.78 is 15.4. The van der Waals surface area contributed by atoms with Crippen LogP contribution in [0.25, 0.3) is 0 Å². The van der Waals surface area contributed by atoms with Crippen LogP contribution in [0.3, 0.4) is 0 Å². The van der Waals surface area contributed by atoms with Gasteiger partial charge in [0.05, 0.1) is 29.4 Å². The van der Waals surface area contributed by atoms with E-state index >= 15 is 0 Å². The standard InChI is InChI=1S/C25H30FN7O2/c1-3-33-20(9-21(28)31-33)25(35)10-15-6-14(7-16(15)11-25)22-23(32(2)13-29-22)24(34)30-18-4-5-19(26)17(8-18)12-27/h4-5,8-9,13-16,21,31,35H,3,6-7,10-11,28H2,1-2H3,(H,30,34). The molecule has 3 aliphatic rings. The molecular formula is C25H30FN7O2. The van der Waals surface area contributed by atoms with Crippen molar-refractivity contribution in [2.45, 2.75) is 50.3 Å². The largest absolute Gasteiger partial charge is 0.384 e. The molecule has 5 rings (SSSR count). The number of nitrogens with zero attached hydrogens (tertiary/aromatic N) is 4. The molecule has 2 aliphatic carbocycles. The minimum atomic E-state index is -0.900. The van der Waals surface area contributed by atoms with Crippen LogP contribution in [0.5, 0.6) is 0 Å². The summed E-state index contributed by atoms with van der Waals surface area (Å²) >= 11 is 0. The highest BCUT2D eigenvalue weighted by Crippen LogP contribution is 2.56. The predicted molar refractivity (Wildman–Crippen MR) is 127 cm³/mol. The highest BCUT2D eigenvalue weighted by atomic mass is 19.1. The molecule has 3 atom stereocenters. The van der Waals surface area contributed by atoms with Crippen molar-refractivity contribution in [2.24, 2.45) is 24.6 Å². The van der Waals surface area contributed by atoms with Crippen molar-refractivity contribution < 1.29 is 14.3 Å². The molecule has 9 nitrogen and oxygen atoms in total. The van der Waals surface area contributed by atoms with Crippen LogP contribution in [0.15, 0.2) is 36.3 Å². The van der Waals surface area contributed by atoms with E-state index in [2.05, 4.69) is 15.7 Å². The molecule has 0 saturated heterocycles. The number of hydrogen-bond acceptors (Lipinski definition) is 7. The molecule has 1 aromatic heterocycles. The zero-order valence-corrected chi connectivity index (χ0v) is 19.8. The van der Waals surface area contributed by atoms with Gasteiger partial charge in [-0.05, 0) is 68.7 Å². The lowest BCUT2D eigenvalue weighted by molar-refractivity contribution is 0.0395. The molecule has 5 N–H and O–H groups in total. The van der Waals surface area contributed by atoms with Gasteiger partial charge in [0.1, 0.15) is 23.2 Å². The number of anilines is 1. The maximum Gasteiger partial charge on any atom is 0.274 e. The van der Waals surface area contributed by atoms with Crippen LogP contribution in [-0.4, -0.2) is 43.9 Å². The van der Waals surface area contributed by atoms with Crippen LogP contribution in [0.1, 0.15) is 60.3 Å². The van der Waals surface area contributed by atoms with Crippen LogP contribution in [0.4, 0.5) is 10.1 Å². The Balaban J connectivity index is 1.31. The summed E-state index contributed by atoms with van der Waals surface area (Å²) in [5, 5.41) is 25.3. The maximum absolute atomic E-state index is 13.7. The van der Waals surface area contributed by atoms with E-state index in [4.69, 9.17) is 11.0 Å². The lowest BCUT2D eigenvalue weighted by Gasteiger charge is -2.32. The summed E-state index contributed by atoms with van der Waals surface area (Å²) in [5.74, 6) is -0.208. The lowest BCUT2D eigenvalue weighted by Crippen LogP contribution is -2.45. The average Bonchev–Trinajstić information content (AvgIpc) is 3.56. The molecule has 1 amide bonds. The summed E-state index contributed by atoms with van der Waals surface area (Å²) in [7, 11) is 1.77. The molecule has 3 unspecified atom stereocenters. The van der Waals surface area contributed by atoms with Gasteiger partial charge in [0.25, 0.3) is 5.91 Å². The molecule has 184 valence electrons. The van der Waals surface area contributed by atoms with Gasteiger partial charge < -0.3 is 25.7 Å². The van der Waals surface area contributed by atoms with E-state index in [9.17, 15) is 14.3 Å². The number of nitriles is 1. The number of carbonyl (C=O) groups is 1. The van der Waals surface area contributed by atoms with Crippen molar-refractivity contribution in [2.75, 3.05) is 11.9 Å². The third-order valence-corrected chi connectivity index (χ3v) is 7.68. The molecule has 0 radical (unpaired) electrons. The van der Waals surface area contributed by atoms with E-state index in [1.54, 1.807) is 24.0 Å². The quantitative estimate of drug-likeness (QED) is 0.517. The fourth-order valence-corrected chi connectivity index (χ4v) is 6.21. The second kappa shape index (κ2) is 8.75. The van der Waals surface area contributed by atoms with E-state index in [-0.39, 0.29) is 23.6 Å². The molecule has 1 aliphatic heterocycles. The van der Waals surface area contributed by atoms with Crippen LogP contribution in [-0.2, 0) is 7.05 Å². The van der Waals surface area contributed by atoms with Gasteiger partial charge in [0, 0.05) is 25.2 Å². The Labute approximate surface area is 203 Å². The number of rotatable bonds is 5. The van der Waals surface area contributed by atoms with Gasteiger partial charge in [-0.3, -0.25) is 4.79 Å². The minimum Gasteiger partial charge on any atom is -0.384 e. The number of hydrazine groups is 1. The first-order chi connectivity index (χ1) is 16.7. The van der Waals surface area contributed by atoms with E-state index in [0.717, 1.165) is 30.8 Å². The van der Waals surface area contributed by atoms with Gasteiger partial charge in [0.15, 0.2) is 0 Å². The Hall–Kier alpha value is -3.26. The van der Waals surface area contributed by atoms with Crippen LogP contribution < -0.4 is 16.5 Å². The molecule has 35 heavy (non-hydrogen) atoms. The third kappa shape index (κ3) is 4.10. The first kappa shape index (κ1) is 23.5. The second-order valence-electron chi connectivity index (χ2n) is 9.93. The number of nitrogens with two attached hydrogens (primary N) is 1. The molecule has 2 saturated carbocycles. The number of hydrogen-bond donors (Lipinski definition) is 4. The Morgan fingerprint density at radius 1 is 1.40 bits per heavy atom. The summed E-state index contributed by atoms with van der Waals surface area (Å²) in [4.78, 5) is 17.7. The van der Waals surface area contributed by atoms with Crippen LogP contribution in [0, 0.1) is 29.0 Å². The van der Waals surface area contributed by atoms with Crippen molar-refractivity contribution in [3.8, 4) is 6.07 Å². The van der Waals surface area contributed by atoms with Crippen LogP contribution >= 0.6 is 0 Å². The smallest absolute Gasteiger partial charge is 0.274 e. The number of benzene rings is 1. The molecule has 1 aromatic carbocycles. The Kier molecular flexibility index (Phi) is 5.87. The van der Waals surface area contributed by atoms with Gasteiger partial charge in [-0.2, -0.15) is 5.26 Å². The summed E-state index contributed by atoms with van der Waals surface area (Å²) in [6.07, 6.45) is 6.27. The fourth-order valence-electron chi connectivity index (χ4n) is 6.21. The zero-order chi connectivity index (χ0) is 24.9. The van der Waals surface area contributed by atoms with Crippen molar-refractivity contribution in [1.82, 2.24) is 20.0 Å². The number of nitrogens with one attached hydrogen (secondary N) is 2. The summed E-state index contributed by atoms with van der Waals surface area (Å²) in [5.41, 5.74) is 10.6. The number of carbonyl (C=O) groups excluding carboxylic acids is 1. The molecule has 2 heterocycles. The van der Waals surface area contributed by atoms with Gasteiger partial charge in [-0.25, -0.2) is 14.8 Å². The van der Waals surface area contributed by atoms with E-state index < -0.39 is 11.4 Å². The van der Waals surface area contributed by atoms with Gasteiger partial charge >= 0.3 is 0 Å². The average molecular weight is 480 g/mol. The Morgan fingerprint density at radius 3 is 2.77 bits per heavy atom.